The fourth-order valence-corrected chi connectivity index (χ4v) is 4.02. The van der Waals surface area contributed by atoms with Crippen molar-refractivity contribution in [2.45, 2.75) is 30.7 Å². The van der Waals surface area contributed by atoms with Gasteiger partial charge in [-0.15, -0.1) is 0 Å². The van der Waals surface area contributed by atoms with Gasteiger partial charge in [0, 0.05) is 17.2 Å². The number of aromatic hydroxyl groups is 1. The monoisotopic (exact) mass is 472 g/mol. The normalized spacial score (nSPS) is 26.3. The Bertz CT molecular complexity index is 1170. The van der Waals surface area contributed by atoms with Gasteiger partial charge in [0.25, 0.3) is 0 Å². The molecule has 0 radical (unpaired) electrons. The third-order valence-corrected chi connectivity index (χ3v) is 5.83. The number of phenolic OH excluding ortho intramolecular Hbond substituents is 1. The molecule has 5 atom stereocenters. The van der Waals surface area contributed by atoms with Gasteiger partial charge in [0.05, 0.1) is 18.5 Å². The average Bonchev–Trinajstić information content (AvgIpc) is 3.34. The molecule has 0 unspecified atom stereocenters. The van der Waals surface area contributed by atoms with Crippen molar-refractivity contribution in [1.82, 2.24) is 10.2 Å². The molecule has 11 heteroatoms. The van der Waals surface area contributed by atoms with Gasteiger partial charge in [-0.2, -0.15) is 5.10 Å². The number of aliphatic hydroxyl groups is 4. The van der Waals surface area contributed by atoms with Gasteiger partial charge in [-0.05, 0) is 29.8 Å². The molecule has 5 rings (SSSR count). The second-order valence-corrected chi connectivity index (χ2v) is 8.01. The first-order chi connectivity index (χ1) is 16.5. The minimum Gasteiger partial charge on any atom is -0.507 e. The molecule has 3 heterocycles. The second-order valence-electron chi connectivity index (χ2n) is 8.01. The minimum absolute atomic E-state index is 0.134. The molecule has 6 N–H and O–H groups in total. The third kappa shape index (κ3) is 4.04. The molecule has 0 bridgehead atoms. The molecule has 0 saturated carbocycles. The summed E-state index contributed by atoms with van der Waals surface area (Å²) in [5.41, 5.74) is 2.56. The topological polar surface area (TPSA) is 167 Å². The summed E-state index contributed by atoms with van der Waals surface area (Å²) < 4.78 is 22.1. The molecule has 1 aromatic heterocycles. The Morgan fingerprint density at radius 3 is 2.50 bits per heavy atom. The number of aromatic nitrogens is 2. The Morgan fingerprint density at radius 1 is 0.941 bits per heavy atom. The van der Waals surface area contributed by atoms with Crippen LogP contribution in [0.3, 0.4) is 0 Å². The van der Waals surface area contributed by atoms with Gasteiger partial charge in [-0.25, -0.2) is 0 Å². The summed E-state index contributed by atoms with van der Waals surface area (Å²) in [6.45, 7) is 0.386. The third-order valence-electron chi connectivity index (χ3n) is 5.83. The zero-order chi connectivity index (χ0) is 23.8. The van der Waals surface area contributed by atoms with Crippen molar-refractivity contribution in [3.05, 3.63) is 42.6 Å². The summed E-state index contributed by atoms with van der Waals surface area (Å²) in [6, 6.07) is 10.0. The number of rotatable bonds is 5. The van der Waals surface area contributed by atoms with E-state index in [9.17, 15) is 25.5 Å². The van der Waals surface area contributed by atoms with Gasteiger partial charge in [0.15, 0.2) is 11.5 Å². The Balaban J connectivity index is 1.39. The van der Waals surface area contributed by atoms with Gasteiger partial charge >= 0.3 is 0 Å². The van der Waals surface area contributed by atoms with E-state index >= 15 is 0 Å². The summed E-state index contributed by atoms with van der Waals surface area (Å²) in [4.78, 5) is 0. The van der Waals surface area contributed by atoms with Crippen molar-refractivity contribution in [3.63, 3.8) is 0 Å². The van der Waals surface area contributed by atoms with Crippen LogP contribution in [0.15, 0.2) is 42.6 Å². The number of hydrogen-bond donors (Lipinski definition) is 6. The van der Waals surface area contributed by atoms with Crippen molar-refractivity contribution in [2.75, 3.05) is 19.8 Å². The Morgan fingerprint density at radius 2 is 1.74 bits per heavy atom. The first-order valence-corrected chi connectivity index (χ1v) is 10.7. The molecular weight excluding hydrogens is 448 g/mol. The van der Waals surface area contributed by atoms with Crippen LogP contribution in [-0.2, 0) is 4.74 Å². The van der Waals surface area contributed by atoms with Crippen molar-refractivity contribution in [3.8, 4) is 45.4 Å². The Labute approximate surface area is 193 Å². The molecule has 0 spiro atoms. The molecule has 2 aliphatic rings. The highest BCUT2D eigenvalue weighted by atomic mass is 16.7. The average molecular weight is 472 g/mol. The fourth-order valence-electron chi connectivity index (χ4n) is 4.02. The molecule has 2 aromatic carbocycles. The van der Waals surface area contributed by atoms with E-state index in [1.54, 1.807) is 18.3 Å². The van der Waals surface area contributed by atoms with E-state index in [0.717, 1.165) is 11.1 Å². The first-order valence-electron chi connectivity index (χ1n) is 10.7. The predicted octanol–water partition coefficient (Wildman–Crippen LogP) is 0.399. The zero-order valence-electron chi connectivity index (χ0n) is 17.9. The number of fused-ring (bicyclic) bond motifs is 1. The summed E-state index contributed by atoms with van der Waals surface area (Å²) in [5.74, 6) is 1.30. The summed E-state index contributed by atoms with van der Waals surface area (Å²) >= 11 is 0. The molecule has 180 valence electrons. The van der Waals surface area contributed by atoms with Crippen LogP contribution in [0.4, 0.5) is 0 Å². The lowest BCUT2D eigenvalue weighted by Crippen LogP contribution is -2.60. The largest absolute Gasteiger partial charge is 0.507 e. The number of hydrogen-bond acceptors (Lipinski definition) is 10. The van der Waals surface area contributed by atoms with Gasteiger partial charge in [0.1, 0.15) is 49.1 Å². The summed E-state index contributed by atoms with van der Waals surface area (Å²) in [7, 11) is 0. The molecule has 11 nitrogen and oxygen atoms in total. The number of ether oxygens (including phenoxy) is 4. The molecule has 1 saturated heterocycles. The van der Waals surface area contributed by atoms with E-state index in [1.807, 2.05) is 18.2 Å². The highest BCUT2D eigenvalue weighted by Gasteiger charge is 2.44. The zero-order valence-corrected chi connectivity index (χ0v) is 17.9. The Hall–Kier alpha value is -3.35. The standard InChI is InChI=1S/C23H24N2O9/c26-10-18-20(28)21(29)22(30)23(34-18)33-12-2-3-13(15(27)8-12)19-14(9-24-25-19)11-1-4-16-17(7-11)32-6-5-31-16/h1-4,7-9,18,20-23,26-30H,5-6,10H2,(H,24,25)/t18-,20+,21+,22+,23+/m0/s1. The molecule has 0 aliphatic carbocycles. The van der Waals surface area contributed by atoms with Crippen LogP contribution in [0.1, 0.15) is 0 Å². The number of nitrogens with one attached hydrogen (secondary N) is 1. The molecule has 34 heavy (non-hydrogen) atoms. The lowest BCUT2D eigenvalue weighted by atomic mass is 9.99. The smallest absolute Gasteiger partial charge is 0.229 e. The van der Waals surface area contributed by atoms with Crippen LogP contribution >= 0.6 is 0 Å². The molecule has 1 fully saturated rings. The Kier molecular flexibility index (Phi) is 6.02. The van der Waals surface area contributed by atoms with E-state index in [0.29, 0.717) is 36.0 Å². The van der Waals surface area contributed by atoms with Gasteiger partial charge in [-0.3, -0.25) is 5.10 Å². The van der Waals surface area contributed by atoms with Crippen molar-refractivity contribution in [2.24, 2.45) is 0 Å². The van der Waals surface area contributed by atoms with Crippen molar-refractivity contribution in [1.29, 1.82) is 0 Å². The molecule has 3 aromatic rings. The maximum absolute atomic E-state index is 10.7. The van der Waals surface area contributed by atoms with Crippen molar-refractivity contribution >= 4 is 0 Å². The second kappa shape index (κ2) is 9.12. The van der Waals surface area contributed by atoms with Crippen LogP contribution in [0, 0.1) is 0 Å². The van der Waals surface area contributed by atoms with Gasteiger partial charge < -0.3 is 44.5 Å². The number of aliphatic hydroxyl groups excluding tert-OH is 4. The molecule has 0 amide bonds. The maximum atomic E-state index is 10.7. The SMILES string of the molecule is OC[C@@H]1O[C@@H](Oc2ccc(-c3[nH]ncc3-c3ccc4c(c3)OCCO4)c(O)c2)[C@H](O)[C@H](O)[C@@H]1O. The first kappa shape index (κ1) is 22.4. The lowest BCUT2D eigenvalue weighted by molar-refractivity contribution is -0.277. The number of nitrogens with zero attached hydrogens (tertiary/aromatic N) is 1. The summed E-state index contributed by atoms with van der Waals surface area (Å²) in [6.07, 6.45) is -5.44. The van der Waals surface area contributed by atoms with E-state index in [-0.39, 0.29) is 11.5 Å². The summed E-state index contributed by atoms with van der Waals surface area (Å²) in [5, 5.41) is 57.0. The van der Waals surface area contributed by atoms with E-state index in [2.05, 4.69) is 10.2 Å². The van der Waals surface area contributed by atoms with E-state index in [1.165, 1.54) is 6.07 Å². The molecule has 2 aliphatic heterocycles. The quantitative estimate of drug-likeness (QED) is 0.306. The highest BCUT2D eigenvalue weighted by Crippen LogP contribution is 2.40. The minimum atomic E-state index is -1.57. The van der Waals surface area contributed by atoms with Crippen LogP contribution in [-0.4, -0.2) is 86.3 Å². The molecular formula is C23H24N2O9. The van der Waals surface area contributed by atoms with Crippen molar-refractivity contribution < 1.29 is 44.5 Å². The van der Waals surface area contributed by atoms with Gasteiger partial charge in [0.2, 0.25) is 6.29 Å². The number of phenols is 1. The van der Waals surface area contributed by atoms with E-state index in [4.69, 9.17) is 18.9 Å². The lowest BCUT2D eigenvalue weighted by Gasteiger charge is -2.39. The van der Waals surface area contributed by atoms with Crippen LogP contribution in [0.5, 0.6) is 23.0 Å². The van der Waals surface area contributed by atoms with E-state index < -0.39 is 37.3 Å². The fraction of sp³-hybridized carbons (Fsp3) is 0.348. The van der Waals surface area contributed by atoms with Crippen LogP contribution in [0.25, 0.3) is 22.4 Å². The predicted molar refractivity (Wildman–Crippen MR) is 117 cm³/mol. The number of H-pyrrole nitrogens is 1. The van der Waals surface area contributed by atoms with Crippen LogP contribution in [0.2, 0.25) is 0 Å². The number of aromatic amines is 1. The maximum Gasteiger partial charge on any atom is 0.229 e. The highest BCUT2D eigenvalue weighted by molar-refractivity contribution is 5.84. The van der Waals surface area contributed by atoms with Crippen LogP contribution < -0.4 is 14.2 Å². The van der Waals surface area contributed by atoms with Gasteiger partial charge in [-0.1, -0.05) is 6.07 Å². The number of benzene rings is 2.